The van der Waals surface area contributed by atoms with Crippen LogP contribution in [-0.4, -0.2) is 23.9 Å². The Morgan fingerprint density at radius 2 is 1.82 bits per heavy atom. The van der Waals surface area contributed by atoms with E-state index < -0.39 is 0 Å². The molecule has 0 aliphatic rings. The number of methoxy groups -OCH3 is 1. The molecule has 0 atom stereocenters. The second kappa shape index (κ2) is 8.96. The molecule has 1 N–H and O–H groups in total. The summed E-state index contributed by atoms with van der Waals surface area (Å²) < 4.78 is 5.09. The quantitative estimate of drug-likeness (QED) is 0.627. The van der Waals surface area contributed by atoms with Crippen LogP contribution in [0.15, 0.2) is 66.1 Å². The maximum Gasteiger partial charge on any atom is 0.248 e. The van der Waals surface area contributed by atoms with E-state index in [-0.39, 0.29) is 11.8 Å². The number of benzene rings is 2. The van der Waals surface area contributed by atoms with Crippen LogP contribution in [0.5, 0.6) is 5.75 Å². The largest absolute Gasteiger partial charge is 0.497 e. The zero-order chi connectivity index (χ0) is 19.9. The molecule has 0 unspecified atom stereocenters. The molecule has 0 fully saturated rings. The van der Waals surface area contributed by atoms with Gasteiger partial charge in [-0.2, -0.15) is 0 Å². The van der Waals surface area contributed by atoms with E-state index in [9.17, 15) is 9.59 Å². The first kappa shape index (κ1) is 19.3. The lowest BCUT2D eigenvalue weighted by Gasteiger charge is -2.17. The molecule has 7 heteroatoms. The van der Waals surface area contributed by atoms with E-state index in [1.54, 1.807) is 47.7 Å². The Labute approximate surface area is 167 Å². The van der Waals surface area contributed by atoms with Crippen LogP contribution in [0.1, 0.15) is 12.6 Å². The van der Waals surface area contributed by atoms with Gasteiger partial charge in [0.1, 0.15) is 5.75 Å². The molecule has 1 heterocycles. The summed E-state index contributed by atoms with van der Waals surface area (Å²) in [6.07, 6.45) is 3.02. The number of rotatable bonds is 6. The lowest BCUT2D eigenvalue weighted by molar-refractivity contribution is -0.116. The first-order valence-corrected chi connectivity index (χ1v) is 9.39. The van der Waals surface area contributed by atoms with Gasteiger partial charge in [0.15, 0.2) is 5.13 Å². The summed E-state index contributed by atoms with van der Waals surface area (Å²) in [6, 6.07) is 16.4. The molecule has 2 amide bonds. The molecule has 0 aliphatic carbocycles. The highest BCUT2D eigenvalue weighted by Crippen LogP contribution is 2.29. The smallest absolute Gasteiger partial charge is 0.248 e. The van der Waals surface area contributed by atoms with Crippen molar-refractivity contribution >= 4 is 45.7 Å². The zero-order valence-corrected chi connectivity index (χ0v) is 16.3. The second-order valence-electron chi connectivity index (χ2n) is 5.80. The third-order valence-electron chi connectivity index (χ3n) is 3.79. The van der Waals surface area contributed by atoms with Gasteiger partial charge in [-0.05, 0) is 42.5 Å². The maximum absolute atomic E-state index is 12.1. The van der Waals surface area contributed by atoms with Crippen LogP contribution in [0, 0.1) is 0 Å². The van der Waals surface area contributed by atoms with Crippen LogP contribution in [0.4, 0.5) is 16.5 Å². The predicted molar refractivity (Wildman–Crippen MR) is 112 cm³/mol. The molecule has 28 heavy (non-hydrogen) atoms. The molecule has 0 spiro atoms. The Morgan fingerprint density at radius 1 is 1.11 bits per heavy atom. The van der Waals surface area contributed by atoms with Gasteiger partial charge < -0.3 is 10.1 Å². The van der Waals surface area contributed by atoms with Gasteiger partial charge in [0.2, 0.25) is 11.8 Å². The van der Waals surface area contributed by atoms with E-state index in [2.05, 4.69) is 10.3 Å². The number of nitrogens with zero attached hydrogens (tertiary/aromatic N) is 2. The minimum atomic E-state index is -0.272. The highest BCUT2D eigenvalue weighted by atomic mass is 32.1. The van der Waals surface area contributed by atoms with Gasteiger partial charge in [-0.3, -0.25) is 14.5 Å². The van der Waals surface area contributed by atoms with E-state index >= 15 is 0 Å². The number of hydrogen-bond donors (Lipinski definition) is 1. The summed E-state index contributed by atoms with van der Waals surface area (Å²) in [5.74, 6) is 0.316. The molecule has 142 valence electrons. The molecule has 1 aromatic heterocycles. The molecule has 0 bridgehead atoms. The molecular weight excluding hydrogens is 374 g/mol. The molecule has 6 nitrogen and oxygen atoms in total. The van der Waals surface area contributed by atoms with Crippen molar-refractivity contribution in [1.29, 1.82) is 0 Å². The second-order valence-corrected chi connectivity index (χ2v) is 6.63. The summed E-state index contributed by atoms with van der Waals surface area (Å²) >= 11 is 1.34. The highest BCUT2D eigenvalue weighted by Gasteiger charge is 2.17. The summed E-state index contributed by atoms with van der Waals surface area (Å²) in [5.41, 5.74) is 2.02. The number of thiazole rings is 1. The van der Waals surface area contributed by atoms with Crippen molar-refractivity contribution in [2.45, 2.75) is 6.92 Å². The zero-order valence-electron chi connectivity index (χ0n) is 15.5. The molecule has 0 aliphatic heterocycles. The van der Waals surface area contributed by atoms with Crippen molar-refractivity contribution in [3.63, 3.8) is 0 Å². The number of carbonyl (C=O) groups excluding carboxylic acids is 2. The summed E-state index contributed by atoms with van der Waals surface area (Å²) in [7, 11) is 1.59. The summed E-state index contributed by atoms with van der Waals surface area (Å²) in [4.78, 5) is 30.2. The Kier molecular flexibility index (Phi) is 6.18. The van der Waals surface area contributed by atoms with Crippen molar-refractivity contribution < 1.29 is 14.3 Å². The molecule has 0 radical (unpaired) electrons. The van der Waals surface area contributed by atoms with Gasteiger partial charge in [0.05, 0.1) is 18.5 Å². The fraction of sp³-hybridized carbons (Fsp3) is 0.0952. The fourth-order valence-corrected chi connectivity index (χ4v) is 3.33. The highest BCUT2D eigenvalue weighted by molar-refractivity contribution is 7.14. The first-order chi connectivity index (χ1) is 13.6. The Hall–Kier alpha value is -3.45. The number of hydrogen-bond acceptors (Lipinski definition) is 5. The van der Waals surface area contributed by atoms with E-state index in [1.165, 1.54) is 24.3 Å². The number of ether oxygens (including phenoxy) is 1. The van der Waals surface area contributed by atoms with Gasteiger partial charge in [-0.15, -0.1) is 11.3 Å². The van der Waals surface area contributed by atoms with Crippen LogP contribution >= 0.6 is 11.3 Å². The topological polar surface area (TPSA) is 71.5 Å². The molecule has 3 rings (SSSR count). The molecule has 3 aromatic rings. The van der Waals surface area contributed by atoms with Gasteiger partial charge in [0, 0.05) is 24.1 Å². The molecule has 0 saturated heterocycles. The lowest BCUT2D eigenvalue weighted by atomic mass is 10.3. The van der Waals surface area contributed by atoms with Crippen molar-refractivity contribution in [2.75, 3.05) is 17.3 Å². The fourth-order valence-electron chi connectivity index (χ4n) is 2.48. The van der Waals surface area contributed by atoms with Crippen LogP contribution in [0.25, 0.3) is 6.08 Å². The normalized spacial score (nSPS) is 10.6. The summed E-state index contributed by atoms with van der Waals surface area (Å²) in [5, 5.41) is 5.11. The number of nitrogens with one attached hydrogen (secondary N) is 1. The average molecular weight is 393 g/mol. The monoisotopic (exact) mass is 393 g/mol. The predicted octanol–water partition coefficient (Wildman–Crippen LogP) is 4.49. The number of para-hydroxylation sites is 1. The maximum atomic E-state index is 12.1. The summed E-state index contributed by atoms with van der Waals surface area (Å²) in [6.45, 7) is 1.49. The number of anilines is 3. The lowest BCUT2D eigenvalue weighted by Crippen LogP contribution is -2.22. The van der Waals surface area contributed by atoms with Crippen molar-refractivity contribution in [3.05, 3.63) is 71.7 Å². The van der Waals surface area contributed by atoms with Gasteiger partial charge >= 0.3 is 0 Å². The van der Waals surface area contributed by atoms with E-state index in [0.717, 1.165) is 11.4 Å². The number of carbonyl (C=O) groups is 2. The van der Waals surface area contributed by atoms with Crippen molar-refractivity contribution in [2.24, 2.45) is 0 Å². The minimum absolute atomic E-state index is 0.131. The third kappa shape index (κ3) is 4.83. The molecular formula is C21H19N3O3S. The third-order valence-corrected chi connectivity index (χ3v) is 4.64. The number of amides is 2. The SMILES string of the molecule is COc1ccc(NC(=O)C=Cc2csc(N(C(C)=O)c3ccccc3)n2)cc1. The van der Waals surface area contributed by atoms with Crippen molar-refractivity contribution in [1.82, 2.24) is 4.98 Å². The standard InChI is InChI=1S/C21H19N3O3S/c1-15(25)24(18-6-4-3-5-7-18)21-23-17(14-28-21)10-13-20(26)22-16-8-11-19(27-2)12-9-16/h3-14H,1-2H3,(H,22,26). The molecule has 2 aromatic carbocycles. The Balaban J connectivity index is 1.69. The Morgan fingerprint density at radius 3 is 2.46 bits per heavy atom. The van der Waals surface area contributed by atoms with E-state index in [1.807, 2.05) is 30.3 Å². The van der Waals surface area contributed by atoms with Crippen molar-refractivity contribution in [3.8, 4) is 5.75 Å². The molecule has 0 saturated carbocycles. The van der Waals surface area contributed by atoms with Crippen LogP contribution < -0.4 is 15.0 Å². The van der Waals surface area contributed by atoms with Gasteiger partial charge in [0.25, 0.3) is 0 Å². The minimum Gasteiger partial charge on any atom is -0.497 e. The Bertz CT molecular complexity index is 982. The first-order valence-electron chi connectivity index (χ1n) is 8.51. The van der Waals surface area contributed by atoms with E-state index in [0.29, 0.717) is 16.5 Å². The van der Waals surface area contributed by atoms with Crippen LogP contribution in [0.2, 0.25) is 0 Å². The number of aromatic nitrogens is 1. The van der Waals surface area contributed by atoms with E-state index in [4.69, 9.17) is 4.74 Å². The van der Waals surface area contributed by atoms with Crippen LogP contribution in [0.3, 0.4) is 0 Å². The van der Waals surface area contributed by atoms with Crippen LogP contribution in [-0.2, 0) is 9.59 Å². The van der Waals surface area contributed by atoms with Gasteiger partial charge in [-0.25, -0.2) is 4.98 Å². The van der Waals surface area contributed by atoms with Gasteiger partial charge in [-0.1, -0.05) is 18.2 Å². The average Bonchev–Trinajstić information content (AvgIpc) is 3.16.